The molecule has 0 N–H and O–H groups in total. The number of hydrogen-bond acceptors (Lipinski definition) is 4. The summed E-state index contributed by atoms with van der Waals surface area (Å²) in [6.45, 7) is 0. The minimum Gasteiger partial charge on any atom is -0.459 e. The summed E-state index contributed by atoms with van der Waals surface area (Å²) in [5.74, 6) is -1.28. The normalized spacial score (nSPS) is 23.7. The Labute approximate surface area is 105 Å². The van der Waals surface area contributed by atoms with E-state index in [1.165, 1.54) is 12.3 Å². The van der Waals surface area contributed by atoms with E-state index in [1.54, 1.807) is 7.11 Å². The summed E-state index contributed by atoms with van der Waals surface area (Å²) in [6, 6.07) is 1.33. The number of nitrogens with zero attached hydrogens (tertiary/aromatic N) is 1. The highest BCUT2D eigenvalue weighted by Gasteiger charge is 2.25. The quantitative estimate of drug-likeness (QED) is 0.776. The van der Waals surface area contributed by atoms with E-state index in [2.05, 4.69) is 4.98 Å². The third kappa shape index (κ3) is 3.04. The molecule has 2 rings (SSSR count). The highest BCUT2D eigenvalue weighted by atomic mass is 19.1. The minimum atomic E-state index is -0.651. The van der Waals surface area contributed by atoms with Crippen molar-refractivity contribution in [3.8, 4) is 0 Å². The first kappa shape index (κ1) is 13.0. The number of ether oxygens (including phenoxy) is 2. The maximum Gasteiger partial charge on any atom is 0.341 e. The van der Waals surface area contributed by atoms with Gasteiger partial charge in [0.2, 0.25) is 0 Å². The van der Waals surface area contributed by atoms with Crippen LogP contribution in [0.4, 0.5) is 4.39 Å². The molecule has 0 aliphatic heterocycles. The largest absolute Gasteiger partial charge is 0.459 e. The van der Waals surface area contributed by atoms with Gasteiger partial charge in [-0.3, -0.25) is 4.98 Å². The number of halogens is 1. The van der Waals surface area contributed by atoms with Crippen molar-refractivity contribution in [3.05, 3.63) is 29.8 Å². The summed E-state index contributed by atoms with van der Waals surface area (Å²) in [6.07, 6.45) is 5.73. The summed E-state index contributed by atoms with van der Waals surface area (Å²) < 4.78 is 23.9. The molecule has 0 bridgehead atoms. The van der Waals surface area contributed by atoms with Crippen molar-refractivity contribution in [3.63, 3.8) is 0 Å². The lowest BCUT2D eigenvalue weighted by molar-refractivity contribution is -0.0152. The van der Waals surface area contributed by atoms with Crippen LogP contribution in [0.25, 0.3) is 0 Å². The minimum absolute atomic E-state index is 0.0652. The summed E-state index contributed by atoms with van der Waals surface area (Å²) >= 11 is 0. The molecule has 0 amide bonds. The van der Waals surface area contributed by atoms with Crippen LogP contribution in [-0.2, 0) is 9.47 Å². The number of carbonyl (C=O) groups is 1. The molecular formula is C13H16FNO3. The third-order valence-corrected chi connectivity index (χ3v) is 3.18. The lowest BCUT2D eigenvalue weighted by atomic mass is 9.95. The Hall–Kier alpha value is -1.49. The highest BCUT2D eigenvalue weighted by molar-refractivity contribution is 5.89. The molecule has 0 radical (unpaired) electrons. The van der Waals surface area contributed by atoms with Gasteiger partial charge in [0, 0.05) is 19.7 Å². The highest BCUT2D eigenvalue weighted by Crippen LogP contribution is 2.24. The fourth-order valence-corrected chi connectivity index (χ4v) is 2.18. The van der Waals surface area contributed by atoms with Gasteiger partial charge in [0.05, 0.1) is 17.9 Å². The van der Waals surface area contributed by atoms with Crippen LogP contribution >= 0.6 is 0 Å². The van der Waals surface area contributed by atoms with Gasteiger partial charge < -0.3 is 9.47 Å². The van der Waals surface area contributed by atoms with E-state index in [9.17, 15) is 9.18 Å². The second kappa shape index (κ2) is 5.91. The predicted molar refractivity (Wildman–Crippen MR) is 62.7 cm³/mol. The molecule has 1 aromatic heterocycles. The smallest absolute Gasteiger partial charge is 0.341 e. The number of methoxy groups -OCH3 is 1. The van der Waals surface area contributed by atoms with Crippen molar-refractivity contribution in [2.24, 2.45) is 0 Å². The molecule has 1 heterocycles. The van der Waals surface area contributed by atoms with Gasteiger partial charge in [-0.2, -0.15) is 0 Å². The van der Waals surface area contributed by atoms with Crippen molar-refractivity contribution in [2.75, 3.05) is 7.11 Å². The standard InChI is InChI=1S/C13H16FNO3/c1-17-9-3-2-4-10(7-9)18-13(16)11-5-6-15-8-12(11)14/h5-6,8-10H,2-4,7H2,1H3. The zero-order valence-corrected chi connectivity index (χ0v) is 10.3. The molecule has 1 fully saturated rings. The van der Waals surface area contributed by atoms with Crippen LogP contribution in [0.3, 0.4) is 0 Å². The number of rotatable bonds is 3. The first-order valence-corrected chi connectivity index (χ1v) is 6.04. The number of hydrogen-bond donors (Lipinski definition) is 0. The Morgan fingerprint density at radius 2 is 2.22 bits per heavy atom. The van der Waals surface area contributed by atoms with E-state index in [0.717, 1.165) is 25.5 Å². The van der Waals surface area contributed by atoms with Crippen molar-refractivity contribution < 1.29 is 18.7 Å². The van der Waals surface area contributed by atoms with E-state index in [-0.39, 0.29) is 17.8 Å². The Morgan fingerprint density at radius 1 is 1.44 bits per heavy atom. The Bertz CT molecular complexity index is 424. The SMILES string of the molecule is COC1CCCC(OC(=O)c2ccncc2F)C1. The molecule has 4 nitrogen and oxygen atoms in total. The summed E-state index contributed by atoms with van der Waals surface area (Å²) in [5.41, 5.74) is -0.0652. The van der Waals surface area contributed by atoms with Gasteiger partial charge in [0.15, 0.2) is 5.82 Å². The molecular weight excluding hydrogens is 237 g/mol. The number of esters is 1. The van der Waals surface area contributed by atoms with Crippen LogP contribution in [0, 0.1) is 5.82 Å². The van der Waals surface area contributed by atoms with Gasteiger partial charge in [0.25, 0.3) is 0 Å². The van der Waals surface area contributed by atoms with E-state index in [1.807, 2.05) is 0 Å². The molecule has 1 aromatic rings. The maximum atomic E-state index is 13.3. The van der Waals surface area contributed by atoms with Crippen LogP contribution in [0.15, 0.2) is 18.5 Å². The molecule has 18 heavy (non-hydrogen) atoms. The molecule has 0 saturated heterocycles. The zero-order chi connectivity index (χ0) is 13.0. The average Bonchev–Trinajstić information content (AvgIpc) is 2.39. The third-order valence-electron chi connectivity index (χ3n) is 3.18. The van der Waals surface area contributed by atoms with Gasteiger partial charge in [-0.1, -0.05) is 0 Å². The predicted octanol–water partition coefficient (Wildman–Crippen LogP) is 2.34. The molecule has 98 valence electrons. The molecule has 0 aromatic carbocycles. The van der Waals surface area contributed by atoms with Gasteiger partial charge in [-0.25, -0.2) is 9.18 Å². The Balaban J connectivity index is 1.97. The van der Waals surface area contributed by atoms with Crippen LogP contribution in [0.2, 0.25) is 0 Å². The molecule has 0 spiro atoms. The number of carbonyl (C=O) groups excluding carboxylic acids is 1. The first-order chi connectivity index (χ1) is 8.70. The zero-order valence-electron chi connectivity index (χ0n) is 10.3. The van der Waals surface area contributed by atoms with Crippen molar-refractivity contribution >= 4 is 5.97 Å². The molecule has 2 unspecified atom stereocenters. The fraction of sp³-hybridized carbons (Fsp3) is 0.538. The van der Waals surface area contributed by atoms with Crippen LogP contribution < -0.4 is 0 Å². The number of pyridine rings is 1. The van der Waals surface area contributed by atoms with Crippen molar-refractivity contribution in [2.45, 2.75) is 37.9 Å². The number of aromatic nitrogens is 1. The van der Waals surface area contributed by atoms with Crippen molar-refractivity contribution in [1.82, 2.24) is 4.98 Å². The molecule has 5 heteroatoms. The average molecular weight is 253 g/mol. The molecule has 1 aliphatic carbocycles. The monoisotopic (exact) mass is 253 g/mol. The van der Waals surface area contributed by atoms with E-state index >= 15 is 0 Å². The lowest BCUT2D eigenvalue weighted by Crippen LogP contribution is -2.29. The van der Waals surface area contributed by atoms with E-state index in [0.29, 0.717) is 6.42 Å². The topological polar surface area (TPSA) is 48.4 Å². The van der Waals surface area contributed by atoms with Gasteiger partial charge >= 0.3 is 5.97 Å². The molecule has 2 atom stereocenters. The van der Waals surface area contributed by atoms with Crippen LogP contribution in [0.5, 0.6) is 0 Å². The lowest BCUT2D eigenvalue weighted by Gasteiger charge is -2.27. The second-order valence-electron chi connectivity index (χ2n) is 4.41. The Kier molecular flexibility index (Phi) is 4.25. The Morgan fingerprint density at radius 3 is 2.94 bits per heavy atom. The van der Waals surface area contributed by atoms with Gasteiger partial charge in [-0.15, -0.1) is 0 Å². The van der Waals surface area contributed by atoms with Crippen LogP contribution in [0.1, 0.15) is 36.0 Å². The summed E-state index contributed by atoms with van der Waals surface area (Å²) in [7, 11) is 1.65. The fourth-order valence-electron chi connectivity index (χ4n) is 2.18. The van der Waals surface area contributed by atoms with Gasteiger partial charge in [0.1, 0.15) is 6.10 Å². The van der Waals surface area contributed by atoms with Crippen molar-refractivity contribution in [1.29, 1.82) is 0 Å². The van der Waals surface area contributed by atoms with E-state index in [4.69, 9.17) is 9.47 Å². The molecule has 1 saturated carbocycles. The molecule has 1 aliphatic rings. The van der Waals surface area contributed by atoms with Gasteiger partial charge in [-0.05, 0) is 25.3 Å². The first-order valence-electron chi connectivity index (χ1n) is 6.04. The van der Waals surface area contributed by atoms with E-state index < -0.39 is 11.8 Å². The second-order valence-corrected chi connectivity index (χ2v) is 4.41. The summed E-state index contributed by atoms with van der Waals surface area (Å²) in [5, 5.41) is 0. The van der Waals surface area contributed by atoms with Crippen LogP contribution in [-0.4, -0.2) is 30.3 Å². The summed E-state index contributed by atoms with van der Waals surface area (Å²) in [4.78, 5) is 15.4. The maximum absolute atomic E-state index is 13.3.